The molecule has 2 saturated carbocycles. The summed E-state index contributed by atoms with van der Waals surface area (Å²) in [7, 11) is -7.92. The second-order valence-corrected chi connectivity index (χ2v) is 23.8. The highest BCUT2D eigenvalue weighted by molar-refractivity contribution is 7.57. The number of ether oxygens (including phenoxy) is 4. The van der Waals surface area contributed by atoms with Gasteiger partial charge in [-0.25, -0.2) is 35.0 Å². The van der Waals surface area contributed by atoms with Gasteiger partial charge in [-0.1, -0.05) is 23.2 Å². The van der Waals surface area contributed by atoms with Gasteiger partial charge in [-0.15, -0.1) is 12.4 Å². The van der Waals surface area contributed by atoms with Crippen molar-refractivity contribution in [2.24, 2.45) is 5.73 Å². The van der Waals surface area contributed by atoms with Crippen LogP contribution in [0.3, 0.4) is 0 Å². The van der Waals surface area contributed by atoms with Gasteiger partial charge in [-0.2, -0.15) is 0 Å². The van der Waals surface area contributed by atoms with Crippen LogP contribution in [-0.2, 0) is 50.8 Å². The number of esters is 2. The molecule has 0 aliphatic heterocycles. The minimum Gasteiger partial charge on any atom is -0.508 e. The van der Waals surface area contributed by atoms with Crippen molar-refractivity contribution in [2.75, 3.05) is 24.2 Å². The summed E-state index contributed by atoms with van der Waals surface area (Å²) in [5.74, 6) is 0.365. The molecule has 3 atom stereocenters. The molecule has 2 aromatic carbocycles. The molecule has 10 N–H and O–H groups in total. The molecule has 29 heteroatoms. The Morgan fingerprint density at radius 1 is 0.701 bits per heavy atom. The zero-order chi connectivity index (χ0) is 55.8. The van der Waals surface area contributed by atoms with Gasteiger partial charge >= 0.3 is 27.1 Å². The van der Waals surface area contributed by atoms with Gasteiger partial charge in [-0.3, -0.25) is 18.7 Å². The molecule has 0 amide bonds. The van der Waals surface area contributed by atoms with Crippen molar-refractivity contribution in [2.45, 2.75) is 141 Å². The number of halogens is 3. The summed E-state index contributed by atoms with van der Waals surface area (Å²) in [4.78, 5) is 66.1. The molecule has 4 aromatic heterocycles. The van der Waals surface area contributed by atoms with Crippen molar-refractivity contribution in [3.8, 4) is 11.5 Å². The molecule has 4 heterocycles. The number of rotatable bonds is 18. The number of hydrogen-bond acceptors (Lipinski definition) is 19. The number of anilines is 2. The SMILES string of the molecule is CC(C)(N)C(=O)OC1CCCC1.C[C@H](Cn1cnc2c(N)ncnc21)OCP(=O)(NC(C)(C)C(=O)OC1CCCC1)Oc1ccc(Cl)cc1.C[C@H](Cn1cnc2c(N)ncnc21)OCP(=O)(O)O.Cl.Oc1ccc(Cl)cc1. The fourth-order valence-corrected chi connectivity index (χ4v) is 10.2. The summed E-state index contributed by atoms with van der Waals surface area (Å²) in [5.41, 5.74) is 17.1. The number of fused-ring (bicyclic) bond motifs is 2. The van der Waals surface area contributed by atoms with Crippen molar-refractivity contribution < 1.29 is 57.1 Å². The number of phenolic OH excluding ortho intramolecular Hbond substituents is 1. The molecular formula is C48H69Cl3N12O12P2. The lowest BCUT2D eigenvalue weighted by Crippen LogP contribution is -2.48. The number of hydrogen-bond donors (Lipinski definition) is 7. The number of aromatic hydroxyl groups is 1. The van der Waals surface area contributed by atoms with Crippen LogP contribution in [0.25, 0.3) is 22.3 Å². The maximum atomic E-state index is 14.0. The molecule has 0 spiro atoms. The molecule has 8 rings (SSSR count). The Morgan fingerprint density at radius 3 is 1.53 bits per heavy atom. The van der Waals surface area contributed by atoms with E-state index in [1.54, 1.807) is 98.6 Å². The largest absolute Gasteiger partial charge is 0.508 e. The van der Waals surface area contributed by atoms with Crippen LogP contribution in [0.15, 0.2) is 73.8 Å². The first-order valence-corrected chi connectivity index (χ1v) is 28.7. The summed E-state index contributed by atoms with van der Waals surface area (Å²) in [6, 6.07) is 12.8. The highest BCUT2D eigenvalue weighted by Gasteiger charge is 2.41. The smallest absolute Gasteiger partial charge is 0.350 e. The Kier molecular flexibility index (Phi) is 24.3. The fraction of sp³-hybridized carbons (Fsp3) is 0.500. The van der Waals surface area contributed by atoms with Crippen LogP contribution < -0.4 is 26.8 Å². The van der Waals surface area contributed by atoms with Crippen molar-refractivity contribution >= 4 is 96.6 Å². The van der Waals surface area contributed by atoms with E-state index in [0.717, 1.165) is 38.5 Å². The van der Waals surface area contributed by atoms with Gasteiger partial charge in [0.1, 0.15) is 71.2 Å². The number of benzene rings is 2. The van der Waals surface area contributed by atoms with E-state index in [9.17, 15) is 18.7 Å². The van der Waals surface area contributed by atoms with E-state index >= 15 is 0 Å². The number of carbonyl (C=O) groups is 2. The van der Waals surface area contributed by atoms with E-state index in [1.165, 1.54) is 31.8 Å². The summed E-state index contributed by atoms with van der Waals surface area (Å²) in [6.07, 6.45) is 12.2. The zero-order valence-electron chi connectivity index (χ0n) is 43.6. The van der Waals surface area contributed by atoms with E-state index in [4.69, 9.17) is 78.8 Å². The van der Waals surface area contributed by atoms with Crippen molar-refractivity contribution in [1.82, 2.24) is 44.1 Å². The van der Waals surface area contributed by atoms with Crippen LogP contribution in [-0.4, -0.2) is 114 Å². The molecule has 2 fully saturated rings. The normalized spacial score (nSPS) is 15.6. The lowest BCUT2D eigenvalue weighted by molar-refractivity contribution is -0.155. The molecule has 424 valence electrons. The number of nitrogen functional groups attached to an aromatic ring is 2. The van der Waals surface area contributed by atoms with Crippen molar-refractivity contribution in [3.05, 3.63) is 83.9 Å². The molecule has 0 saturated heterocycles. The number of nitrogens with one attached hydrogen (secondary N) is 1. The van der Waals surface area contributed by atoms with Gasteiger partial charge in [0.25, 0.3) is 0 Å². The van der Waals surface area contributed by atoms with E-state index < -0.39 is 50.7 Å². The molecule has 2 aliphatic rings. The second-order valence-electron chi connectivity index (χ2n) is 19.3. The van der Waals surface area contributed by atoms with Gasteiger partial charge in [0.15, 0.2) is 22.9 Å². The van der Waals surface area contributed by atoms with Crippen LogP contribution in [0.5, 0.6) is 11.5 Å². The topological polar surface area (TPSA) is 352 Å². The summed E-state index contributed by atoms with van der Waals surface area (Å²) in [5, 5.41) is 12.8. The standard InChI is InChI=1S/C24H32ClN6O5P.C9H14N5O4P.C9H17NO2.C6H5ClO.ClH/c1-16(12-31-14-29-20-21(26)27-13-28-22(20)31)34-15-37(33,36-19-10-8-17(25)9-11-19)30-24(2,3)23(32)35-18-6-4-5-7-18;1-6(18-5-19(15,16)17)2-14-4-13-7-8(10)11-3-12-9(7)14;1-9(2,10)8(11)12-7-5-3-4-6-7;7-5-1-3-6(8)4-2-5;/h8-11,13-14,16,18H,4-7,12,15H2,1-3H3,(H,30,33)(H2,26,27,28);3-4,6H,2,5H2,1H3,(H2,10,11,12)(H2,15,16,17);7H,3-6,10H2,1-2H3;1-4,8H;1H/t16-,37?;6-;;;/m11.../s1. The van der Waals surface area contributed by atoms with Crippen LogP contribution in [0.1, 0.15) is 92.9 Å². The van der Waals surface area contributed by atoms with Crippen LogP contribution in [0, 0.1) is 0 Å². The zero-order valence-corrected chi connectivity index (χ0v) is 47.7. The van der Waals surface area contributed by atoms with E-state index in [2.05, 4.69) is 35.0 Å². The Morgan fingerprint density at radius 2 is 1.12 bits per heavy atom. The first-order chi connectivity index (χ1) is 35.7. The van der Waals surface area contributed by atoms with Gasteiger partial charge in [0.05, 0.1) is 38.0 Å². The molecular weight excluding hydrogens is 1100 g/mol. The van der Waals surface area contributed by atoms with Crippen LogP contribution in [0.2, 0.25) is 10.0 Å². The maximum Gasteiger partial charge on any atom is 0.350 e. The molecule has 77 heavy (non-hydrogen) atoms. The van der Waals surface area contributed by atoms with Crippen LogP contribution >= 0.6 is 50.7 Å². The number of phenols is 1. The lowest BCUT2D eigenvalue weighted by Gasteiger charge is -2.31. The summed E-state index contributed by atoms with van der Waals surface area (Å²) >= 11 is 11.5. The number of nitrogens with two attached hydrogens (primary N) is 3. The third-order valence-electron chi connectivity index (χ3n) is 11.4. The Hall–Kier alpha value is -5.23. The van der Waals surface area contributed by atoms with Gasteiger partial charge in [0.2, 0.25) is 0 Å². The third kappa shape index (κ3) is 21.2. The van der Waals surface area contributed by atoms with Crippen LogP contribution in [0.4, 0.5) is 11.6 Å². The fourth-order valence-electron chi connectivity index (χ4n) is 7.45. The highest BCUT2D eigenvalue weighted by atomic mass is 35.5. The molecule has 2 aliphatic carbocycles. The first kappa shape index (κ1) is 64.3. The average molecular weight is 1170 g/mol. The highest BCUT2D eigenvalue weighted by Crippen LogP contribution is 2.46. The molecule has 1 unspecified atom stereocenters. The van der Waals surface area contributed by atoms with E-state index in [0.29, 0.717) is 51.2 Å². The Bertz CT molecular complexity index is 2890. The minimum atomic E-state index is -4.16. The number of carbonyl (C=O) groups excluding carboxylic acids is 2. The molecule has 24 nitrogen and oxygen atoms in total. The summed E-state index contributed by atoms with van der Waals surface area (Å²) < 4.78 is 56.0. The van der Waals surface area contributed by atoms with Gasteiger partial charge in [0, 0.05) is 10.0 Å². The monoisotopic (exact) mass is 1170 g/mol. The molecule has 0 bridgehead atoms. The van der Waals surface area contributed by atoms with Crippen molar-refractivity contribution in [1.29, 1.82) is 0 Å². The number of nitrogens with zero attached hydrogens (tertiary/aromatic N) is 8. The predicted molar refractivity (Wildman–Crippen MR) is 295 cm³/mol. The second kappa shape index (κ2) is 29.1. The first-order valence-electron chi connectivity index (χ1n) is 24.3. The van der Waals surface area contributed by atoms with E-state index in [-0.39, 0.29) is 54.3 Å². The predicted octanol–water partition coefficient (Wildman–Crippen LogP) is 8.18. The number of imidazole rings is 2. The quantitative estimate of drug-likeness (QED) is 0.0315. The van der Waals surface area contributed by atoms with Gasteiger partial charge in [-0.05, 0) is 141 Å². The molecule has 0 radical (unpaired) electrons. The Balaban J connectivity index is 0.000000263. The number of aromatic nitrogens is 8. The average Bonchev–Trinajstić information content (AvgIpc) is 4.20. The third-order valence-corrected chi connectivity index (χ3v) is 14.2. The minimum absolute atomic E-state index is 0. The van der Waals surface area contributed by atoms with Crippen molar-refractivity contribution in [3.63, 3.8) is 0 Å². The lowest BCUT2D eigenvalue weighted by atomic mass is 10.1. The Labute approximate surface area is 462 Å². The van der Waals surface area contributed by atoms with Gasteiger partial charge < -0.3 is 64.7 Å². The van der Waals surface area contributed by atoms with E-state index in [1.807, 2.05) is 6.92 Å². The summed E-state index contributed by atoms with van der Waals surface area (Å²) in [6.45, 7) is 10.8. The molecule has 6 aromatic rings. The maximum absolute atomic E-state index is 14.0.